The van der Waals surface area contributed by atoms with E-state index in [9.17, 15) is 4.79 Å². The highest BCUT2D eigenvalue weighted by molar-refractivity contribution is 6.32. The van der Waals surface area contributed by atoms with Crippen LogP contribution >= 0.6 is 11.6 Å². The Hall–Kier alpha value is -2.47. The van der Waals surface area contributed by atoms with Crippen molar-refractivity contribution >= 4 is 29.0 Å². The molecule has 6 nitrogen and oxygen atoms in total. The molecule has 2 N–H and O–H groups in total. The molecule has 2 amide bonds. The molecule has 1 heterocycles. The van der Waals surface area contributed by atoms with Crippen LogP contribution in [0.15, 0.2) is 36.5 Å². The van der Waals surface area contributed by atoms with Gasteiger partial charge < -0.3 is 20.1 Å². The smallest absolute Gasteiger partial charge is 0.323 e. The fourth-order valence-corrected chi connectivity index (χ4v) is 1.81. The summed E-state index contributed by atoms with van der Waals surface area (Å²) in [5, 5.41) is 5.50. The number of nitrogens with zero attached hydrogens (tertiary/aromatic N) is 1. The van der Waals surface area contributed by atoms with E-state index in [1.807, 2.05) is 0 Å². The molecule has 110 valence electrons. The zero-order valence-corrected chi connectivity index (χ0v) is 12.3. The van der Waals surface area contributed by atoms with Crippen LogP contribution < -0.4 is 20.1 Å². The van der Waals surface area contributed by atoms with Crippen molar-refractivity contribution in [2.24, 2.45) is 0 Å². The average molecular weight is 308 g/mol. The van der Waals surface area contributed by atoms with Crippen LogP contribution in [-0.2, 0) is 0 Å². The van der Waals surface area contributed by atoms with Crippen molar-refractivity contribution < 1.29 is 14.3 Å². The standard InChI is InChI=1S/C14H14ClN3O3/c1-20-10-6-9(7-11(8-10)21-2)17-14(19)18-12-4-3-5-16-13(12)15/h3-8H,1-2H3,(H2,17,18,19). The van der Waals surface area contributed by atoms with Gasteiger partial charge in [-0.2, -0.15) is 0 Å². The van der Waals surface area contributed by atoms with Crippen LogP contribution in [0.5, 0.6) is 11.5 Å². The van der Waals surface area contributed by atoms with Crippen LogP contribution in [0.25, 0.3) is 0 Å². The van der Waals surface area contributed by atoms with Crippen LogP contribution in [-0.4, -0.2) is 25.2 Å². The number of aromatic nitrogens is 1. The zero-order valence-electron chi connectivity index (χ0n) is 11.5. The van der Waals surface area contributed by atoms with Gasteiger partial charge in [0.25, 0.3) is 0 Å². The minimum atomic E-state index is -0.444. The molecule has 2 rings (SSSR count). The van der Waals surface area contributed by atoms with Gasteiger partial charge in [0.15, 0.2) is 5.15 Å². The number of carbonyl (C=O) groups is 1. The second-order valence-electron chi connectivity index (χ2n) is 4.02. The second kappa shape index (κ2) is 6.81. The molecule has 1 aromatic carbocycles. The lowest BCUT2D eigenvalue weighted by Gasteiger charge is -2.11. The average Bonchev–Trinajstić information content (AvgIpc) is 2.49. The lowest BCUT2D eigenvalue weighted by atomic mass is 10.3. The molecule has 0 aliphatic carbocycles. The van der Waals surface area contributed by atoms with E-state index in [0.29, 0.717) is 22.9 Å². The second-order valence-corrected chi connectivity index (χ2v) is 4.38. The Balaban J connectivity index is 2.11. The van der Waals surface area contributed by atoms with Gasteiger partial charge in [-0.1, -0.05) is 11.6 Å². The maximum absolute atomic E-state index is 11.9. The van der Waals surface area contributed by atoms with Crippen molar-refractivity contribution in [3.8, 4) is 11.5 Å². The first-order valence-corrected chi connectivity index (χ1v) is 6.42. The van der Waals surface area contributed by atoms with E-state index < -0.39 is 6.03 Å². The van der Waals surface area contributed by atoms with Crippen LogP contribution in [0, 0.1) is 0 Å². The van der Waals surface area contributed by atoms with Crippen molar-refractivity contribution in [2.75, 3.05) is 24.9 Å². The van der Waals surface area contributed by atoms with Gasteiger partial charge in [0, 0.05) is 30.1 Å². The number of benzene rings is 1. The number of amides is 2. The predicted molar refractivity (Wildman–Crippen MR) is 81.4 cm³/mol. The molecule has 0 saturated heterocycles. The van der Waals surface area contributed by atoms with Crippen LogP contribution in [0.3, 0.4) is 0 Å². The lowest BCUT2D eigenvalue weighted by molar-refractivity contribution is 0.262. The molecule has 0 aliphatic rings. The molecule has 0 unspecified atom stereocenters. The normalized spacial score (nSPS) is 9.86. The zero-order chi connectivity index (χ0) is 15.2. The van der Waals surface area contributed by atoms with Crippen molar-refractivity contribution in [2.45, 2.75) is 0 Å². The van der Waals surface area contributed by atoms with Gasteiger partial charge in [0.2, 0.25) is 0 Å². The summed E-state index contributed by atoms with van der Waals surface area (Å²) >= 11 is 5.87. The van der Waals surface area contributed by atoms with Gasteiger partial charge in [-0.25, -0.2) is 9.78 Å². The van der Waals surface area contributed by atoms with E-state index in [4.69, 9.17) is 21.1 Å². The Kier molecular flexibility index (Phi) is 4.84. The summed E-state index contributed by atoms with van der Waals surface area (Å²) in [4.78, 5) is 15.8. The van der Waals surface area contributed by atoms with Crippen LogP contribution in [0.1, 0.15) is 0 Å². The molecule has 0 spiro atoms. The third kappa shape index (κ3) is 4.00. The first-order chi connectivity index (χ1) is 10.1. The summed E-state index contributed by atoms with van der Waals surface area (Å²) in [5.74, 6) is 1.15. The highest BCUT2D eigenvalue weighted by Crippen LogP contribution is 2.26. The number of ether oxygens (including phenoxy) is 2. The van der Waals surface area contributed by atoms with Crippen LogP contribution in [0.4, 0.5) is 16.2 Å². The summed E-state index contributed by atoms with van der Waals surface area (Å²) in [6.45, 7) is 0. The first kappa shape index (κ1) is 14.9. The Morgan fingerprint density at radius 2 is 1.81 bits per heavy atom. The van der Waals surface area contributed by atoms with E-state index in [1.54, 1.807) is 36.5 Å². The molecule has 0 radical (unpaired) electrons. The van der Waals surface area contributed by atoms with E-state index in [1.165, 1.54) is 14.2 Å². The fraction of sp³-hybridized carbons (Fsp3) is 0.143. The van der Waals surface area contributed by atoms with Gasteiger partial charge in [-0.3, -0.25) is 0 Å². The summed E-state index contributed by atoms with van der Waals surface area (Å²) in [5.41, 5.74) is 0.954. The minimum absolute atomic E-state index is 0.218. The highest BCUT2D eigenvalue weighted by Gasteiger charge is 2.08. The molecule has 0 aliphatic heterocycles. The number of nitrogens with one attached hydrogen (secondary N) is 2. The predicted octanol–water partition coefficient (Wildman–Crippen LogP) is 3.40. The Morgan fingerprint density at radius 3 is 2.38 bits per heavy atom. The molecule has 0 saturated carbocycles. The number of halogens is 1. The quantitative estimate of drug-likeness (QED) is 0.849. The number of carbonyl (C=O) groups excluding carboxylic acids is 1. The third-order valence-electron chi connectivity index (χ3n) is 2.62. The topological polar surface area (TPSA) is 72.5 Å². The molecule has 7 heteroatoms. The van der Waals surface area contributed by atoms with Crippen molar-refractivity contribution in [1.29, 1.82) is 0 Å². The summed E-state index contributed by atoms with van der Waals surface area (Å²) in [7, 11) is 3.07. The van der Waals surface area contributed by atoms with Gasteiger partial charge >= 0.3 is 6.03 Å². The first-order valence-electron chi connectivity index (χ1n) is 6.04. The molecule has 0 atom stereocenters. The molecular formula is C14H14ClN3O3. The monoisotopic (exact) mass is 307 g/mol. The molecule has 1 aromatic heterocycles. The van der Waals surface area contributed by atoms with E-state index >= 15 is 0 Å². The van der Waals surface area contributed by atoms with E-state index in [2.05, 4.69) is 15.6 Å². The number of hydrogen-bond donors (Lipinski definition) is 2. The van der Waals surface area contributed by atoms with E-state index in [-0.39, 0.29) is 5.15 Å². The molecule has 2 aromatic rings. The Labute approximate surface area is 127 Å². The number of urea groups is 1. The summed E-state index contributed by atoms with van der Waals surface area (Å²) < 4.78 is 10.3. The minimum Gasteiger partial charge on any atom is -0.497 e. The molecular weight excluding hydrogens is 294 g/mol. The van der Waals surface area contributed by atoms with Crippen molar-refractivity contribution in [1.82, 2.24) is 4.98 Å². The van der Waals surface area contributed by atoms with Gasteiger partial charge in [0.05, 0.1) is 19.9 Å². The molecule has 0 fully saturated rings. The van der Waals surface area contributed by atoms with Crippen molar-refractivity contribution in [3.63, 3.8) is 0 Å². The maximum atomic E-state index is 11.9. The van der Waals surface area contributed by atoms with Gasteiger partial charge in [-0.15, -0.1) is 0 Å². The van der Waals surface area contributed by atoms with Crippen LogP contribution in [0.2, 0.25) is 5.15 Å². The molecule has 21 heavy (non-hydrogen) atoms. The number of pyridine rings is 1. The highest BCUT2D eigenvalue weighted by atomic mass is 35.5. The fourth-order valence-electron chi connectivity index (χ4n) is 1.64. The largest absolute Gasteiger partial charge is 0.497 e. The maximum Gasteiger partial charge on any atom is 0.323 e. The van der Waals surface area contributed by atoms with E-state index in [0.717, 1.165) is 0 Å². The van der Waals surface area contributed by atoms with Crippen molar-refractivity contribution in [3.05, 3.63) is 41.7 Å². The third-order valence-corrected chi connectivity index (χ3v) is 2.92. The summed E-state index contributed by atoms with van der Waals surface area (Å²) in [6, 6.07) is 7.94. The number of methoxy groups -OCH3 is 2. The SMILES string of the molecule is COc1cc(NC(=O)Nc2cccnc2Cl)cc(OC)c1. The molecule has 0 bridgehead atoms. The number of rotatable bonds is 4. The summed E-state index contributed by atoms with van der Waals surface area (Å²) in [6.07, 6.45) is 1.54. The number of hydrogen-bond acceptors (Lipinski definition) is 4. The number of anilines is 2. The lowest BCUT2D eigenvalue weighted by Crippen LogP contribution is -2.19. The van der Waals surface area contributed by atoms with Gasteiger partial charge in [-0.05, 0) is 12.1 Å². The Bertz CT molecular complexity index is 627. The van der Waals surface area contributed by atoms with Gasteiger partial charge in [0.1, 0.15) is 11.5 Å². The Morgan fingerprint density at radius 1 is 1.14 bits per heavy atom.